The molecule has 2 aromatic carbocycles. The maximum absolute atomic E-state index is 3.50. The van der Waals surface area contributed by atoms with Crippen molar-refractivity contribution < 1.29 is 0 Å². The number of rotatable bonds is 3. The van der Waals surface area contributed by atoms with Crippen LogP contribution in [0.2, 0.25) is 0 Å². The summed E-state index contributed by atoms with van der Waals surface area (Å²) in [6.07, 6.45) is 1.15. The zero-order valence-corrected chi connectivity index (χ0v) is 12.2. The molecule has 0 radical (unpaired) electrons. The Morgan fingerprint density at radius 1 is 1.16 bits per heavy atom. The van der Waals surface area contributed by atoms with Gasteiger partial charge < -0.3 is 5.32 Å². The third kappa shape index (κ3) is 2.56. The normalized spacial score (nSPS) is 19.2. The highest BCUT2D eigenvalue weighted by molar-refractivity contribution is 8.00. The number of hydrogen-bond acceptors (Lipinski definition) is 2. The van der Waals surface area contributed by atoms with E-state index >= 15 is 0 Å². The summed E-state index contributed by atoms with van der Waals surface area (Å²) in [6, 6.07) is 18.0. The average Bonchev–Trinajstić information content (AvgIpc) is 2.83. The Labute approximate surface area is 119 Å². The molecular weight excluding hydrogens is 250 g/mol. The molecule has 0 spiro atoms. The third-order valence-electron chi connectivity index (χ3n) is 3.76. The van der Waals surface area contributed by atoms with Crippen molar-refractivity contribution in [2.45, 2.75) is 29.5 Å². The summed E-state index contributed by atoms with van der Waals surface area (Å²) < 4.78 is 0. The van der Waals surface area contributed by atoms with Gasteiger partial charge in [0.25, 0.3) is 0 Å². The molecule has 0 bridgehead atoms. The van der Waals surface area contributed by atoms with E-state index in [0.717, 1.165) is 6.42 Å². The Balaban J connectivity index is 1.86. The lowest BCUT2D eigenvalue weighted by Crippen LogP contribution is -2.27. The summed E-state index contributed by atoms with van der Waals surface area (Å²) in [4.78, 5) is 1.44. The molecule has 98 valence electrons. The molecule has 2 atom stereocenters. The minimum Gasteiger partial charge on any atom is -0.312 e. The topological polar surface area (TPSA) is 12.0 Å². The van der Waals surface area contributed by atoms with Gasteiger partial charge in [-0.3, -0.25) is 0 Å². The SMILES string of the molecule is CNC(c1cccc(C)c1)C1Cc2ccccc2S1. The van der Waals surface area contributed by atoms with E-state index < -0.39 is 0 Å². The monoisotopic (exact) mass is 269 g/mol. The second kappa shape index (κ2) is 5.40. The van der Waals surface area contributed by atoms with E-state index in [2.05, 4.69) is 67.8 Å². The minimum absolute atomic E-state index is 0.414. The van der Waals surface area contributed by atoms with Gasteiger partial charge in [-0.25, -0.2) is 0 Å². The zero-order chi connectivity index (χ0) is 13.2. The number of aryl methyl sites for hydroxylation is 1. The second-order valence-electron chi connectivity index (χ2n) is 5.15. The molecule has 19 heavy (non-hydrogen) atoms. The molecule has 1 aliphatic rings. The molecule has 0 aromatic heterocycles. The van der Waals surface area contributed by atoms with E-state index in [1.165, 1.54) is 21.6 Å². The van der Waals surface area contributed by atoms with Crippen LogP contribution in [-0.4, -0.2) is 12.3 Å². The van der Waals surface area contributed by atoms with Crippen LogP contribution in [0.1, 0.15) is 22.7 Å². The Hall–Kier alpha value is -1.25. The first-order valence-electron chi connectivity index (χ1n) is 6.76. The predicted molar refractivity (Wildman–Crippen MR) is 82.8 cm³/mol. The second-order valence-corrected chi connectivity index (χ2v) is 6.43. The summed E-state index contributed by atoms with van der Waals surface area (Å²) in [6.45, 7) is 2.16. The lowest BCUT2D eigenvalue weighted by Gasteiger charge is -2.23. The molecule has 0 aliphatic carbocycles. The van der Waals surface area contributed by atoms with Crippen LogP contribution in [0, 0.1) is 6.92 Å². The van der Waals surface area contributed by atoms with Crippen molar-refractivity contribution in [1.82, 2.24) is 5.32 Å². The van der Waals surface area contributed by atoms with Gasteiger partial charge in [-0.05, 0) is 37.6 Å². The fourth-order valence-electron chi connectivity index (χ4n) is 2.83. The number of benzene rings is 2. The van der Waals surface area contributed by atoms with Gasteiger partial charge in [0, 0.05) is 16.2 Å². The first-order valence-corrected chi connectivity index (χ1v) is 7.64. The van der Waals surface area contributed by atoms with E-state index in [0.29, 0.717) is 11.3 Å². The summed E-state index contributed by atoms with van der Waals surface area (Å²) in [5, 5.41) is 4.09. The summed E-state index contributed by atoms with van der Waals surface area (Å²) >= 11 is 2.01. The Kier molecular flexibility index (Phi) is 3.63. The molecule has 0 saturated heterocycles. The molecule has 1 N–H and O–H groups in total. The molecule has 3 rings (SSSR count). The van der Waals surface area contributed by atoms with E-state index in [4.69, 9.17) is 0 Å². The van der Waals surface area contributed by atoms with Crippen molar-refractivity contribution in [2.24, 2.45) is 0 Å². The Bertz CT molecular complexity index is 554. The van der Waals surface area contributed by atoms with E-state index in [1.54, 1.807) is 0 Å². The molecule has 1 aliphatic heterocycles. The number of nitrogens with one attached hydrogen (secondary N) is 1. The van der Waals surface area contributed by atoms with Crippen molar-refractivity contribution in [2.75, 3.05) is 7.05 Å². The fraction of sp³-hybridized carbons (Fsp3) is 0.294. The maximum Gasteiger partial charge on any atom is 0.0445 e. The quantitative estimate of drug-likeness (QED) is 0.904. The van der Waals surface area contributed by atoms with Crippen molar-refractivity contribution in [3.8, 4) is 0 Å². The summed E-state index contributed by atoms with van der Waals surface area (Å²) in [5.74, 6) is 0. The number of fused-ring (bicyclic) bond motifs is 1. The van der Waals surface area contributed by atoms with Crippen molar-refractivity contribution in [3.63, 3.8) is 0 Å². The predicted octanol–water partition coefficient (Wildman–Crippen LogP) is 3.97. The van der Waals surface area contributed by atoms with E-state index in [-0.39, 0.29) is 0 Å². The highest BCUT2D eigenvalue weighted by Crippen LogP contribution is 2.42. The molecule has 1 heterocycles. The first-order chi connectivity index (χ1) is 9.28. The molecule has 0 amide bonds. The lowest BCUT2D eigenvalue weighted by atomic mass is 9.98. The van der Waals surface area contributed by atoms with Gasteiger partial charge in [-0.15, -0.1) is 11.8 Å². The van der Waals surface area contributed by atoms with Crippen LogP contribution in [0.15, 0.2) is 53.4 Å². The first kappa shape index (κ1) is 12.8. The van der Waals surface area contributed by atoms with Crippen molar-refractivity contribution >= 4 is 11.8 Å². The molecule has 0 fully saturated rings. The standard InChI is InChI=1S/C17H19NS/c1-12-6-5-8-14(10-12)17(18-2)16-11-13-7-3-4-9-15(13)19-16/h3-10,16-18H,11H2,1-2H3. The third-order valence-corrected chi connectivity index (χ3v) is 5.15. The highest BCUT2D eigenvalue weighted by Gasteiger charge is 2.29. The van der Waals surface area contributed by atoms with Gasteiger partial charge in [0.15, 0.2) is 0 Å². The minimum atomic E-state index is 0.414. The smallest absolute Gasteiger partial charge is 0.0445 e. The zero-order valence-electron chi connectivity index (χ0n) is 11.4. The molecule has 1 nitrogen and oxygen atoms in total. The lowest BCUT2D eigenvalue weighted by molar-refractivity contribution is 0.568. The van der Waals surface area contributed by atoms with Gasteiger partial charge in [-0.2, -0.15) is 0 Å². The molecular formula is C17H19NS. The van der Waals surface area contributed by atoms with Crippen molar-refractivity contribution in [3.05, 3.63) is 65.2 Å². The molecule has 0 saturated carbocycles. The number of hydrogen-bond donors (Lipinski definition) is 1. The summed E-state index contributed by atoms with van der Waals surface area (Å²) in [7, 11) is 2.07. The average molecular weight is 269 g/mol. The van der Waals surface area contributed by atoms with Crippen LogP contribution in [0.5, 0.6) is 0 Å². The maximum atomic E-state index is 3.50. The Morgan fingerprint density at radius 3 is 2.74 bits per heavy atom. The van der Waals surface area contributed by atoms with E-state index in [1.807, 2.05) is 11.8 Å². The van der Waals surface area contributed by atoms with Crippen LogP contribution in [0.4, 0.5) is 0 Å². The molecule has 2 aromatic rings. The largest absolute Gasteiger partial charge is 0.312 e. The van der Waals surface area contributed by atoms with Gasteiger partial charge >= 0.3 is 0 Å². The van der Waals surface area contributed by atoms with Gasteiger partial charge in [-0.1, -0.05) is 48.0 Å². The highest BCUT2D eigenvalue weighted by atomic mass is 32.2. The Morgan fingerprint density at radius 2 is 2.00 bits per heavy atom. The molecule has 2 unspecified atom stereocenters. The number of thioether (sulfide) groups is 1. The van der Waals surface area contributed by atoms with E-state index in [9.17, 15) is 0 Å². The van der Waals surface area contributed by atoms with Crippen molar-refractivity contribution in [1.29, 1.82) is 0 Å². The van der Waals surface area contributed by atoms with Crippen LogP contribution >= 0.6 is 11.8 Å². The van der Waals surface area contributed by atoms with Gasteiger partial charge in [0.1, 0.15) is 0 Å². The fourth-order valence-corrected chi connectivity index (χ4v) is 4.30. The van der Waals surface area contributed by atoms with Crippen LogP contribution in [0.3, 0.4) is 0 Å². The summed E-state index contributed by atoms with van der Waals surface area (Å²) in [5.41, 5.74) is 4.22. The van der Waals surface area contributed by atoms with Crippen LogP contribution in [-0.2, 0) is 6.42 Å². The molecule has 2 heteroatoms. The van der Waals surface area contributed by atoms with Gasteiger partial charge in [0.05, 0.1) is 0 Å². The van der Waals surface area contributed by atoms with Crippen LogP contribution < -0.4 is 5.32 Å². The van der Waals surface area contributed by atoms with Gasteiger partial charge in [0.2, 0.25) is 0 Å². The van der Waals surface area contributed by atoms with Crippen LogP contribution in [0.25, 0.3) is 0 Å².